The quantitative estimate of drug-likeness (QED) is 0.608. The third kappa shape index (κ3) is 3.68. The van der Waals surface area contributed by atoms with Crippen LogP contribution in [0, 0.1) is 12.8 Å². The van der Waals surface area contributed by atoms with Crippen molar-refractivity contribution in [2.45, 2.75) is 45.6 Å². The number of rotatable bonds is 5. The van der Waals surface area contributed by atoms with Crippen LogP contribution in [0.3, 0.4) is 0 Å². The van der Waals surface area contributed by atoms with E-state index in [1.54, 1.807) is 11.3 Å². The molecule has 7 heteroatoms. The molecule has 1 fully saturated rings. The fourth-order valence-corrected chi connectivity index (χ4v) is 5.65. The number of hydrogen-bond acceptors (Lipinski definition) is 5. The zero-order chi connectivity index (χ0) is 20.8. The highest BCUT2D eigenvalue weighted by Crippen LogP contribution is 2.41. The topological polar surface area (TPSA) is 62.3 Å². The number of nitrogens with one attached hydrogen (secondary N) is 1. The summed E-state index contributed by atoms with van der Waals surface area (Å²) in [7, 11) is 0. The summed E-state index contributed by atoms with van der Waals surface area (Å²) in [4.78, 5) is 33.8. The van der Waals surface area contributed by atoms with E-state index in [-0.39, 0.29) is 23.8 Å². The van der Waals surface area contributed by atoms with Crippen LogP contribution in [0.1, 0.15) is 35.1 Å². The van der Waals surface area contributed by atoms with Crippen molar-refractivity contribution < 1.29 is 9.59 Å². The number of aryl methyl sites for hydroxylation is 1. The fraction of sp³-hybridized carbons (Fsp3) is 0.348. The Morgan fingerprint density at radius 2 is 2.10 bits per heavy atom. The van der Waals surface area contributed by atoms with Gasteiger partial charge in [-0.2, -0.15) is 0 Å². The summed E-state index contributed by atoms with van der Waals surface area (Å²) in [5.74, 6) is 0.448. The Labute approximate surface area is 183 Å². The van der Waals surface area contributed by atoms with Gasteiger partial charge in [0.1, 0.15) is 0 Å². The van der Waals surface area contributed by atoms with Crippen molar-refractivity contribution >= 4 is 45.3 Å². The van der Waals surface area contributed by atoms with E-state index in [4.69, 9.17) is 4.98 Å². The van der Waals surface area contributed by atoms with E-state index in [0.29, 0.717) is 11.6 Å². The highest BCUT2D eigenvalue weighted by Gasteiger charge is 2.39. The molecule has 5 rings (SSSR count). The Hall–Kier alpha value is -2.51. The van der Waals surface area contributed by atoms with Crippen LogP contribution in [0.5, 0.6) is 0 Å². The van der Waals surface area contributed by atoms with Gasteiger partial charge in [-0.3, -0.25) is 9.59 Å². The van der Waals surface area contributed by atoms with Crippen molar-refractivity contribution in [2.75, 3.05) is 10.2 Å². The van der Waals surface area contributed by atoms with Gasteiger partial charge >= 0.3 is 0 Å². The van der Waals surface area contributed by atoms with Gasteiger partial charge in [-0.1, -0.05) is 12.1 Å². The van der Waals surface area contributed by atoms with Gasteiger partial charge in [-0.25, -0.2) is 4.98 Å². The predicted molar refractivity (Wildman–Crippen MR) is 122 cm³/mol. The van der Waals surface area contributed by atoms with Crippen molar-refractivity contribution in [1.29, 1.82) is 0 Å². The number of thiazole rings is 1. The second-order valence-corrected chi connectivity index (χ2v) is 10.3. The van der Waals surface area contributed by atoms with Crippen LogP contribution in [0.2, 0.25) is 0 Å². The number of thiophene rings is 1. The molecule has 0 bridgehead atoms. The van der Waals surface area contributed by atoms with Gasteiger partial charge < -0.3 is 10.2 Å². The first kappa shape index (κ1) is 19.5. The molecule has 1 aliphatic carbocycles. The molecular formula is C23H23N3O2S2. The number of carbonyl (C=O) groups excluding carboxylic acids is 2. The van der Waals surface area contributed by atoms with Crippen LogP contribution in [-0.2, 0) is 22.4 Å². The Bertz CT molecular complexity index is 1120. The number of anilines is 2. The summed E-state index contributed by atoms with van der Waals surface area (Å²) in [5.41, 5.74) is 4.17. The van der Waals surface area contributed by atoms with E-state index in [9.17, 15) is 9.59 Å². The number of benzene rings is 1. The molecule has 1 N–H and O–H groups in total. The second kappa shape index (κ2) is 7.63. The summed E-state index contributed by atoms with van der Waals surface area (Å²) in [6.45, 7) is 4.15. The molecule has 0 radical (unpaired) electrons. The van der Waals surface area contributed by atoms with E-state index in [1.165, 1.54) is 16.9 Å². The van der Waals surface area contributed by atoms with Gasteiger partial charge in [-0.15, -0.1) is 22.7 Å². The smallest absolute Gasteiger partial charge is 0.231 e. The van der Waals surface area contributed by atoms with Crippen LogP contribution in [0.4, 0.5) is 10.8 Å². The Morgan fingerprint density at radius 3 is 2.83 bits per heavy atom. The number of carbonyl (C=O) groups is 2. The summed E-state index contributed by atoms with van der Waals surface area (Å²) in [6.07, 6.45) is 3.28. The highest BCUT2D eigenvalue weighted by atomic mass is 32.1. The van der Waals surface area contributed by atoms with Crippen LogP contribution in [0.15, 0.2) is 35.7 Å². The number of hydrogen-bond donors (Lipinski definition) is 1. The molecule has 1 unspecified atom stereocenters. The van der Waals surface area contributed by atoms with E-state index in [1.807, 2.05) is 35.4 Å². The maximum atomic E-state index is 12.7. The van der Waals surface area contributed by atoms with Crippen molar-refractivity contribution in [3.05, 3.63) is 51.0 Å². The molecule has 2 amide bonds. The number of nitrogens with zero attached hydrogens (tertiary/aromatic N) is 2. The molecule has 1 aromatic carbocycles. The van der Waals surface area contributed by atoms with E-state index >= 15 is 0 Å². The first-order chi connectivity index (χ1) is 14.5. The van der Waals surface area contributed by atoms with Gasteiger partial charge in [0.2, 0.25) is 11.8 Å². The molecule has 0 spiro atoms. The molecule has 30 heavy (non-hydrogen) atoms. The first-order valence-corrected chi connectivity index (χ1v) is 11.9. The minimum Gasteiger partial charge on any atom is -0.309 e. The fourth-order valence-electron chi connectivity index (χ4n) is 4.09. The van der Waals surface area contributed by atoms with Gasteiger partial charge in [-0.05, 0) is 62.3 Å². The average Bonchev–Trinajstić information content (AvgIpc) is 3.17. The number of amides is 2. The second-order valence-electron chi connectivity index (χ2n) is 8.11. The van der Waals surface area contributed by atoms with Gasteiger partial charge in [0, 0.05) is 33.0 Å². The van der Waals surface area contributed by atoms with Crippen molar-refractivity contribution in [3.63, 3.8) is 0 Å². The zero-order valence-electron chi connectivity index (χ0n) is 17.0. The summed E-state index contributed by atoms with van der Waals surface area (Å²) in [6, 6.07) is 10.4. The average molecular weight is 438 g/mol. The van der Waals surface area contributed by atoms with Gasteiger partial charge in [0.25, 0.3) is 0 Å². The van der Waals surface area contributed by atoms with E-state index in [0.717, 1.165) is 46.0 Å². The lowest BCUT2D eigenvalue weighted by Gasteiger charge is -2.22. The predicted octanol–water partition coefficient (Wildman–Crippen LogP) is 5.05. The molecule has 1 aliphatic heterocycles. The standard InChI is InChI=1S/C23H23N3O2S2/c1-13-10-17-11-16(7-8-19(17)26(13)22(28)15-5-6-15)21-14(2)30-23(25-21)24-20(27)12-18-4-3-9-29-18/h3-4,7-9,11,13,15H,5-6,10,12H2,1-2H3,(H,24,25,27). The normalized spacial score (nSPS) is 17.8. The lowest BCUT2D eigenvalue weighted by atomic mass is 10.0. The third-order valence-corrected chi connectivity index (χ3v) is 7.45. The molecular weight excluding hydrogens is 414 g/mol. The Kier molecular flexibility index (Phi) is 4.95. The third-order valence-electron chi connectivity index (χ3n) is 5.69. The maximum Gasteiger partial charge on any atom is 0.231 e. The highest BCUT2D eigenvalue weighted by molar-refractivity contribution is 7.16. The minimum absolute atomic E-state index is 0.0465. The van der Waals surface area contributed by atoms with Gasteiger partial charge in [0.05, 0.1) is 12.1 Å². The minimum atomic E-state index is -0.0465. The number of fused-ring (bicyclic) bond motifs is 1. The van der Waals surface area contributed by atoms with Crippen molar-refractivity contribution in [1.82, 2.24) is 4.98 Å². The molecule has 3 aromatic rings. The monoisotopic (exact) mass is 437 g/mol. The van der Waals surface area contributed by atoms with E-state index in [2.05, 4.69) is 24.4 Å². The van der Waals surface area contributed by atoms with E-state index < -0.39 is 0 Å². The molecule has 2 aromatic heterocycles. The zero-order valence-corrected chi connectivity index (χ0v) is 18.6. The first-order valence-electron chi connectivity index (χ1n) is 10.3. The summed E-state index contributed by atoms with van der Waals surface area (Å²) in [5, 5.41) is 5.54. The molecule has 154 valence electrons. The lowest BCUT2D eigenvalue weighted by Crippen LogP contribution is -2.36. The molecule has 3 heterocycles. The van der Waals surface area contributed by atoms with Crippen molar-refractivity contribution in [2.24, 2.45) is 5.92 Å². The lowest BCUT2D eigenvalue weighted by molar-refractivity contribution is -0.120. The Balaban J connectivity index is 1.36. The Morgan fingerprint density at radius 1 is 1.27 bits per heavy atom. The van der Waals surface area contributed by atoms with Crippen LogP contribution in [-0.4, -0.2) is 22.8 Å². The molecule has 0 saturated heterocycles. The largest absolute Gasteiger partial charge is 0.309 e. The van der Waals surface area contributed by atoms with Crippen LogP contribution < -0.4 is 10.2 Å². The maximum absolute atomic E-state index is 12.7. The molecule has 1 atom stereocenters. The van der Waals surface area contributed by atoms with Gasteiger partial charge in [0.15, 0.2) is 5.13 Å². The van der Waals surface area contributed by atoms with Crippen LogP contribution >= 0.6 is 22.7 Å². The SMILES string of the molecule is Cc1sc(NC(=O)Cc2cccs2)nc1-c1ccc2c(c1)CC(C)N2C(=O)C1CC1. The number of aromatic nitrogens is 1. The molecule has 2 aliphatic rings. The summed E-state index contributed by atoms with van der Waals surface area (Å²) < 4.78 is 0. The summed E-state index contributed by atoms with van der Waals surface area (Å²) >= 11 is 3.08. The van der Waals surface area contributed by atoms with Crippen LogP contribution in [0.25, 0.3) is 11.3 Å². The van der Waals surface area contributed by atoms with Crippen molar-refractivity contribution in [3.8, 4) is 11.3 Å². The molecule has 5 nitrogen and oxygen atoms in total. The molecule has 1 saturated carbocycles.